The second-order valence-electron chi connectivity index (χ2n) is 4.38. The number of ether oxygens (including phenoxy) is 2. The van der Waals surface area contributed by atoms with Gasteiger partial charge in [0.1, 0.15) is 0 Å². The van der Waals surface area contributed by atoms with Crippen molar-refractivity contribution in [1.29, 1.82) is 0 Å². The molecule has 0 amide bonds. The van der Waals surface area contributed by atoms with Gasteiger partial charge in [-0.3, -0.25) is 0 Å². The zero-order valence-electron chi connectivity index (χ0n) is 11.2. The molecule has 0 atom stereocenters. The summed E-state index contributed by atoms with van der Waals surface area (Å²) in [5.74, 6) is 1.13. The van der Waals surface area contributed by atoms with Gasteiger partial charge < -0.3 is 0 Å². The molecule has 3 N–H and O–H groups in total. The van der Waals surface area contributed by atoms with Crippen LogP contribution in [0.15, 0.2) is 48.5 Å². The molecule has 0 bridgehead atoms. The van der Waals surface area contributed by atoms with E-state index in [1.54, 1.807) is 24.3 Å². The quantitative estimate of drug-likeness (QED) is 0.732. The standard InChI is InChI=1S/C14H17O5P/c1-18-11-3-7-13(8-4-11)20(15,16,17)14-9-5-12(19-2)6-10-14/h3-10,15-17H,1-2H3. The second-order valence-corrected chi connectivity index (χ2v) is 7.37. The van der Waals surface area contributed by atoms with Crippen molar-refractivity contribution in [3.63, 3.8) is 0 Å². The van der Waals surface area contributed by atoms with Crippen molar-refractivity contribution in [3.8, 4) is 11.5 Å². The van der Waals surface area contributed by atoms with E-state index in [4.69, 9.17) is 9.47 Å². The van der Waals surface area contributed by atoms with E-state index in [0.29, 0.717) is 11.5 Å². The molecule has 0 heterocycles. The molecular formula is C14H17O5P. The van der Waals surface area contributed by atoms with Crippen molar-refractivity contribution in [2.24, 2.45) is 0 Å². The van der Waals surface area contributed by atoms with Crippen LogP contribution in [0.3, 0.4) is 0 Å². The van der Waals surface area contributed by atoms with Crippen molar-refractivity contribution >= 4 is 17.9 Å². The summed E-state index contributed by atoms with van der Waals surface area (Å²) < 4.78 is 10.0. The van der Waals surface area contributed by atoms with E-state index in [-0.39, 0.29) is 10.6 Å². The molecule has 0 radical (unpaired) electrons. The summed E-state index contributed by atoms with van der Waals surface area (Å²) >= 11 is 0. The Bertz CT molecular complexity index is 532. The van der Waals surface area contributed by atoms with Gasteiger partial charge in [0.2, 0.25) is 0 Å². The first-order valence-corrected chi connectivity index (χ1v) is 8.01. The molecule has 0 aliphatic heterocycles. The maximum atomic E-state index is 10.4. The topological polar surface area (TPSA) is 79.2 Å². The molecule has 0 aliphatic rings. The first kappa shape index (κ1) is 14.8. The van der Waals surface area contributed by atoms with E-state index >= 15 is 0 Å². The van der Waals surface area contributed by atoms with Gasteiger partial charge >= 0.3 is 116 Å². The molecule has 6 heteroatoms. The van der Waals surface area contributed by atoms with E-state index in [2.05, 4.69) is 0 Å². The average molecular weight is 296 g/mol. The predicted octanol–water partition coefficient (Wildman–Crippen LogP) is 0.930. The Morgan fingerprint density at radius 1 is 0.650 bits per heavy atom. The summed E-state index contributed by atoms with van der Waals surface area (Å²) in [5.41, 5.74) is 0. The predicted molar refractivity (Wildman–Crippen MR) is 78.8 cm³/mol. The van der Waals surface area contributed by atoms with E-state index in [1.807, 2.05) is 0 Å². The number of rotatable bonds is 4. The van der Waals surface area contributed by atoms with E-state index in [0.717, 1.165) is 0 Å². The van der Waals surface area contributed by atoms with E-state index in [1.165, 1.54) is 38.5 Å². The number of benzene rings is 2. The number of methoxy groups -OCH3 is 2. The van der Waals surface area contributed by atoms with Crippen LogP contribution < -0.4 is 20.1 Å². The third-order valence-electron chi connectivity index (χ3n) is 3.10. The first-order chi connectivity index (χ1) is 9.35. The molecule has 108 valence electrons. The van der Waals surface area contributed by atoms with Gasteiger partial charge in [0, 0.05) is 0 Å². The fraction of sp³-hybridized carbons (Fsp3) is 0.143. The fourth-order valence-corrected chi connectivity index (χ4v) is 3.56. The summed E-state index contributed by atoms with van der Waals surface area (Å²) in [6.45, 7) is 0. The van der Waals surface area contributed by atoms with Crippen LogP contribution in [0.25, 0.3) is 0 Å². The van der Waals surface area contributed by atoms with Crippen molar-refractivity contribution in [3.05, 3.63) is 48.5 Å². The summed E-state index contributed by atoms with van der Waals surface area (Å²) in [5, 5.41) is 0.0870. The SMILES string of the molecule is COc1ccc(P(O)(O)(O)c2ccc(OC)cc2)cc1. The zero-order chi connectivity index (χ0) is 14.8. The molecule has 0 unspecified atom stereocenters. The third kappa shape index (κ3) is 2.62. The number of hydrogen-bond donors (Lipinski definition) is 3. The molecular weight excluding hydrogens is 279 g/mol. The summed E-state index contributed by atoms with van der Waals surface area (Å²) in [4.78, 5) is 31.2. The zero-order valence-corrected chi connectivity index (χ0v) is 12.1. The van der Waals surface area contributed by atoms with Crippen LogP contribution in [0, 0.1) is 0 Å². The molecule has 2 aromatic rings. The molecule has 0 saturated carbocycles. The van der Waals surface area contributed by atoms with Crippen LogP contribution in [0.1, 0.15) is 0 Å². The van der Waals surface area contributed by atoms with Crippen LogP contribution in [0.4, 0.5) is 0 Å². The molecule has 0 aliphatic carbocycles. The van der Waals surface area contributed by atoms with Gasteiger partial charge in [-0.1, -0.05) is 0 Å². The normalized spacial score (nSPS) is 13.3. The Balaban J connectivity index is 2.46. The molecule has 0 spiro atoms. The van der Waals surface area contributed by atoms with Crippen LogP contribution in [-0.2, 0) is 0 Å². The molecule has 2 aromatic carbocycles. The van der Waals surface area contributed by atoms with Gasteiger partial charge in [-0.05, 0) is 0 Å². The Morgan fingerprint density at radius 3 is 1.20 bits per heavy atom. The van der Waals surface area contributed by atoms with E-state index in [9.17, 15) is 14.7 Å². The summed E-state index contributed by atoms with van der Waals surface area (Å²) in [7, 11) is -2.10. The van der Waals surface area contributed by atoms with Crippen LogP contribution in [0.2, 0.25) is 0 Å². The monoisotopic (exact) mass is 296 g/mol. The minimum absolute atomic E-state index is 0.0435. The molecule has 5 nitrogen and oxygen atoms in total. The molecule has 20 heavy (non-hydrogen) atoms. The van der Waals surface area contributed by atoms with Gasteiger partial charge in [-0.15, -0.1) is 0 Å². The second kappa shape index (κ2) is 5.04. The molecule has 2 rings (SSSR count). The van der Waals surface area contributed by atoms with Crippen LogP contribution >= 0.6 is 7.28 Å². The van der Waals surface area contributed by atoms with Crippen molar-refractivity contribution in [2.75, 3.05) is 14.2 Å². The van der Waals surface area contributed by atoms with Crippen LogP contribution in [0.5, 0.6) is 11.5 Å². The van der Waals surface area contributed by atoms with E-state index < -0.39 is 7.28 Å². The maximum absolute atomic E-state index is 10.4. The molecule has 0 fully saturated rings. The average Bonchev–Trinajstić information content (AvgIpc) is 2.47. The van der Waals surface area contributed by atoms with Crippen LogP contribution in [-0.4, -0.2) is 28.9 Å². The van der Waals surface area contributed by atoms with Gasteiger partial charge in [-0.25, -0.2) is 0 Å². The van der Waals surface area contributed by atoms with Gasteiger partial charge in [0.15, 0.2) is 0 Å². The minimum atomic E-state index is -5.12. The third-order valence-corrected chi connectivity index (χ3v) is 5.59. The van der Waals surface area contributed by atoms with Gasteiger partial charge in [0.05, 0.1) is 0 Å². The van der Waals surface area contributed by atoms with Crippen molar-refractivity contribution in [1.82, 2.24) is 0 Å². The summed E-state index contributed by atoms with van der Waals surface area (Å²) in [6.07, 6.45) is 0. The summed E-state index contributed by atoms with van der Waals surface area (Å²) in [6, 6.07) is 12.0. The van der Waals surface area contributed by atoms with Crippen molar-refractivity contribution in [2.45, 2.75) is 0 Å². The Morgan fingerprint density at radius 2 is 0.950 bits per heavy atom. The van der Waals surface area contributed by atoms with Crippen molar-refractivity contribution < 1.29 is 24.2 Å². The number of hydrogen-bond acceptors (Lipinski definition) is 5. The van der Waals surface area contributed by atoms with Gasteiger partial charge in [-0.2, -0.15) is 0 Å². The fourth-order valence-electron chi connectivity index (χ4n) is 1.86. The molecule has 0 aromatic heterocycles. The Hall–Kier alpha value is -1.65. The Kier molecular flexibility index (Phi) is 3.71. The molecule has 0 saturated heterocycles. The first-order valence-electron chi connectivity index (χ1n) is 5.91. The van der Waals surface area contributed by atoms with Gasteiger partial charge in [0.25, 0.3) is 0 Å². The Labute approximate surface area is 117 Å².